The van der Waals surface area contributed by atoms with Crippen molar-refractivity contribution < 1.29 is 4.79 Å². The summed E-state index contributed by atoms with van der Waals surface area (Å²) in [5, 5.41) is 6.86. The summed E-state index contributed by atoms with van der Waals surface area (Å²) in [6, 6.07) is 10.1. The molecule has 0 bridgehead atoms. The molecule has 0 aliphatic heterocycles. The van der Waals surface area contributed by atoms with E-state index in [1.807, 2.05) is 29.0 Å². The molecule has 0 fully saturated rings. The van der Waals surface area contributed by atoms with Crippen molar-refractivity contribution in [1.82, 2.24) is 24.6 Å². The zero-order valence-electron chi connectivity index (χ0n) is 12.3. The van der Waals surface area contributed by atoms with E-state index in [0.717, 1.165) is 12.4 Å². The van der Waals surface area contributed by atoms with Crippen LogP contribution in [0.25, 0.3) is 0 Å². The van der Waals surface area contributed by atoms with Crippen molar-refractivity contribution in [3.05, 3.63) is 72.1 Å². The van der Waals surface area contributed by atoms with Gasteiger partial charge in [-0.3, -0.25) is 9.48 Å². The highest BCUT2D eigenvalue weighted by molar-refractivity contribution is 5.93. The van der Waals surface area contributed by atoms with Gasteiger partial charge >= 0.3 is 0 Å². The molecule has 0 saturated heterocycles. The predicted octanol–water partition coefficient (Wildman–Crippen LogP) is 1.59. The summed E-state index contributed by atoms with van der Waals surface area (Å²) in [7, 11) is 1.78. The lowest BCUT2D eigenvalue weighted by Gasteiger charge is -2.08. The van der Waals surface area contributed by atoms with Crippen LogP contribution in [0.15, 0.2) is 55.1 Å². The third-order valence-electron chi connectivity index (χ3n) is 3.37. The molecule has 22 heavy (non-hydrogen) atoms. The number of nitrogens with one attached hydrogen (secondary N) is 1. The highest BCUT2D eigenvalue weighted by atomic mass is 16.1. The van der Waals surface area contributed by atoms with Crippen molar-refractivity contribution >= 4 is 5.91 Å². The molecule has 6 nitrogen and oxygen atoms in total. The van der Waals surface area contributed by atoms with Crippen LogP contribution < -0.4 is 5.32 Å². The van der Waals surface area contributed by atoms with Crippen molar-refractivity contribution in [3.8, 4) is 0 Å². The first-order valence-corrected chi connectivity index (χ1v) is 7.03. The molecule has 3 rings (SSSR count). The summed E-state index contributed by atoms with van der Waals surface area (Å²) >= 11 is 0. The second kappa shape index (κ2) is 6.26. The average molecular weight is 295 g/mol. The minimum absolute atomic E-state index is 0.151. The lowest BCUT2D eigenvalue weighted by molar-refractivity contribution is 0.0949. The second-order valence-corrected chi connectivity index (χ2v) is 5.04. The van der Waals surface area contributed by atoms with Crippen LogP contribution in [0, 0.1) is 0 Å². The van der Waals surface area contributed by atoms with Gasteiger partial charge in [-0.05, 0) is 5.56 Å². The second-order valence-electron chi connectivity index (χ2n) is 5.04. The zero-order chi connectivity index (χ0) is 15.4. The highest BCUT2D eigenvalue weighted by Crippen LogP contribution is 2.06. The van der Waals surface area contributed by atoms with E-state index in [4.69, 9.17) is 0 Å². The largest absolute Gasteiger partial charge is 0.345 e. The molecule has 0 radical (unpaired) electrons. The molecule has 2 aromatic heterocycles. The van der Waals surface area contributed by atoms with Crippen molar-refractivity contribution in [1.29, 1.82) is 0 Å². The molecule has 6 heteroatoms. The summed E-state index contributed by atoms with van der Waals surface area (Å²) in [5.41, 5.74) is 1.74. The van der Waals surface area contributed by atoms with Gasteiger partial charge in [0.1, 0.15) is 5.82 Å². The number of rotatable bonds is 5. The van der Waals surface area contributed by atoms with E-state index < -0.39 is 0 Å². The van der Waals surface area contributed by atoms with Gasteiger partial charge in [-0.15, -0.1) is 0 Å². The van der Waals surface area contributed by atoms with E-state index in [9.17, 15) is 4.79 Å². The number of carbonyl (C=O) groups is 1. The lowest BCUT2D eigenvalue weighted by Crippen LogP contribution is -2.24. The first-order valence-electron chi connectivity index (χ1n) is 7.03. The van der Waals surface area contributed by atoms with Crippen molar-refractivity contribution in [2.45, 2.75) is 13.1 Å². The number of carbonyl (C=O) groups excluding carboxylic acids is 1. The summed E-state index contributed by atoms with van der Waals surface area (Å²) in [6.45, 7) is 1.12. The molecule has 2 heterocycles. The molecule has 1 N–H and O–H groups in total. The molecule has 0 unspecified atom stereocenters. The standard InChI is InChI=1S/C16H17N5O/c1-20-12-14(9-19-20)16(22)18-10-15-17-7-8-21(15)11-13-5-3-2-4-6-13/h2-9,12H,10-11H2,1H3,(H,18,22). The van der Waals surface area contributed by atoms with Gasteiger partial charge in [-0.1, -0.05) is 30.3 Å². The van der Waals surface area contributed by atoms with Crippen molar-refractivity contribution in [2.24, 2.45) is 7.05 Å². The van der Waals surface area contributed by atoms with Gasteiger partial charge in [-0.25, -0.2) is 4.98 Å². The van der Waals surface area contributed by atoms with E-state index in [1.54, 1.807) is 30.3 Å². The minimum Gasteiger partial charge on any atom is -0.345 e. The number of amides is 1. The Bertz CT molecular complexity index is 760. The Morgan fingerprint density at radius 2 is 2.09 bits per heavy atom. The van der Waals surface area contributed by atoms with Crippen LogP contribution in [0.4, 0.5) is 0 Å². The van der Waals surface area contributed by atoms with E-state index in [2.05, 4.69) is 27.5 Å². The van der Waals surface area contributed by atoms with Gasteiger partial charge in [0.15, 0.2) is 0 Å². The average Bonchev–Trinajstić information content (AvgIpc) is 3.15. The van der Waals surface area contributed by atoms with E-state index in [-0.39, 0.29) is 5.91 Å². The van der Waals surface area contributed by atoms with Gasteiger partial charge in [0.05, 0.1) is 18.3 Å². The van der Waals surface area contributed by atoms with Crippen LogP contribution >= 0.6 is 0 Å². The fourth-order valence-electron chi connectivity index (χ4n) is 2.23. The quantitative estimate of drug-likeness (QED) is 0.777. The van der Waals surface area contributed by atoms with Crippen LogP contribution in [0.1, 0.15) is 21.7 Å². The highest BCUT2D eigenvalue weighted by Gasteiger charge is 2.09. The molecular formula is C16H17N5O. The topological polar surface area (TPSA) is 64.7 Å². The molecule has 0 aliphatic rings. The number of nitrogens with zero attached hydrogens (tertiary/aromatic N) is 4. The predicted molar refractivity (Wildman–Crippen MR) is 82.1 cm³/mol. The van der Waals surface area contributed by atoms with Crippen molar-refractivity contribution in [3.63, 3.8) is 0 Å². The summed E-state index contributed by atoms with van der Waals surface area (Å²) < 4.78 is 3.63. The maximum atomic E-state index is 12.0. The first-order chi connectivity index (χ1) is 10.7. The van der Waals surface area contributed by atoms with Gasteiger partial charge in [0, 0.05) is 32.2 Å². The van der Waals surface area contributed by atoms with Gasteiger partial charge in [0.25, 0.3) is 5.91 Å². The Hall–Kier alpha value is -2.89. The molecule has 1 aromatic carbocycles. The van der Waals surface area contributed by atoms with Gasteiger partial charge < -0.3 is 9.88 Å². The summed E-state index contributed by atoms with van der Waals surface area (Å²) in [5.74, 6) is 0.670. The van der Waals surface area contributed by atoms with Crippen molar-refractivity contribution in [2.75, 3.05) is 0 Å². The Balaban J connectivity index is 1.64. The number of benzene rings is 1. The SMILES string of the molecule is Cn1cc(C(=O)NCc2nccn2Cc2ccccc2)cn1. The van der Waals surface area contributed by atoms with Crippen LogP contribution in [0.2, 0.25) is 0 Å². The molecule has 0 saturated carbocycles. The third-order valence-corrected chi connectivity index (χ3v) is 3.37. The first kappa shape index (κ1) is 14.1. The number of imidazole rings is 1. The van der Waals surface area contributed by atoms with Crippen LogP contribution in [-0.2, 0) is 20.1 Å². The monoisotopic (exact) mass is 295 g/mol. The maximum Gasteiger partial charge on any atom is 0.254 e. The Labute approximate surface area is 128 Å². The van der Waals surface area contributed by atoms with Crippen LogP contribution in [-0.4, -0.2) is 25.2 Å². The number of hydrogen-bond acceptors (Lipinski definition) is 3. The smallest absolute Gasteiger partial charge is 0.254 e. The Morgan fingerprint density at radius 3 is 2.82 bits per heavy atom. The van der Waals surface area contributed by atoms with Crippen LogP contribution in [0.5, 0.6) is 0 Å². The summed E-state index contributed by atoms with van der Waals surface area (Å²) in [4.78, 5) is 16.3. The zero-order valence-corrected chi connectivity index (χ0v) is 12.3. The molecular weight excluding hydrogens is 278 g/mol. The molecule has 112 valence electrons. The van der Waals surface area contributed by atoms with E-state index >= 15 is 0 Å². The fourth-order valence-corrected chi connectivity index (χ4v) is 2.23. The van der Waals surface area contributed by atoms with E-state index in [0.29, 0.717) is 12.1 Å². The molecule has 1 amide bonds. The summed E-state index contributed by atoms with van der Waals surface area (Å²) in [6.07, 6.45) is 6.89. The number of hydrogen-bond donors (Lipinski definition) is 1. The Morgan fingerprint density at radius 1 is 1.27 bits per heavy atom. The molecule has 3 aromatic rings. The fraction of sp³-hybridized carbons (Fsp3) is 0.188. The number of aryl methyl sites for hydroxylation is 1. The van der Waals surface area contributed by atoms with E-state index in [1.165, 1.54) is 5.56 Å². The van der Waals surface area contributed by atoms with Gasteiger partial charge in [-0.2, -0.15) is 5.10 Å². The maximum absolute atomic E-state index is 12.0. The lowest BCUT2D eigenvalue weighted by atomic mass is 10.2. The minimum atomic E-state index is -0.151. The molecule has 0 aliphatic carbocycles. The molecule has 0 atom stereocenters. The number of aromatic nitrogens is 4. The molecule has 0 spiro atoms. The third kappa shape index (κ3) is 3.22. The van der Waals surface area contributed by atoms with Crippen LogP contribution in [0.3, 0.4) is 0 Å². The Kier molecular flexibility index (Phi) is 4.00. The van der Waals surface area contributed by atoms with Gasteiger partial charge in [0.2, 0.25) is 0 Å². The normalized spacial score (nSPS) is 10.6.